The van der Waals surface area contributed by atoms with Gasteiger partial charge < -0.3 is 0 Å². The third kappa shape index (κ3) is 273. The van der Waals surface area contributed by atoms with Gasteiger partial charge in [0.1, 0.15) is 0 Å². The van der Waals surface area contributed by atoms with E-state index in [0.717, 1.165) is 0 Å². The molecule has 20 heavy (non-hydrogen) atoms. The molecule has 0 atom stereocenters. The Hall–Kier alpha value is 7.47. The van der Waals surface area contributed by atoms with Crippen molar-refractivity contribution in [3.8, 4) is 0 Å². The Morgan fingerprint density at radius 1 is 0.200 bits per heavy atom. The normalized spacial score (nSPS) is 11.2. The first kappa shape index (κ1) is 38.1. The van der Waals surface area contributed by atoms with Crippen LogP contribution in [-0.4, -0.2) is 0 Å². The number of halogens is 15. The van der Waals surface area contributed by atoms with Crippen molar-refractivity contribution in [2.24, 2.45) is 0 Å². The molecule has 0 aliphatic rings. The summed E-state index contributed by atoms with van der Waals surface area (Å²) in [5.41, 5.74) is 0. The van der Waals surface area contributed by atoms with Crippen molar-refractivity contribution in [3.63, 3.8) is 0 Å². The van der Waals surface area contributed by atoms with Gasteiger partial charge in [-0.2, -0.15) is 0 Å². The molecule has 0 fully saturated rings. The van der Waals surface area contributed by atoms with Gasteiger partial charge in [-0.05, 0) is 0 Å². The summed E-state index contributed by atoms with van der Waals surface area (Å²) in [6.07, 6.45) is 0. The monoisotopic (exact) mass is 1040 g/mol. The van der Waals surface area contributed by atoms with Gasteiger partial charge in [0, 0.05) is 0 Å². The van der Waals surface area contributed by atoms with Crippen LogP contribution in [0.25, 0.3) is 0 Å². The van der Waals surface area contributed by atoms with Gasteiger partial charge in [-0.1, -0.05) is 0 Å². The number of hydrogen-bond acceptors (Lipinski definition) is 0. The Labute approximate surface area is 205 Å². The Morgan fingerprint density at radius 3 is 0.200 bits per heavy atom. The zero-order valence-corrected chi connectivity index (χ0v) is 26.9. The van der Waals surface area contributed by atoms with Gasteiger partial charge in [0.25, 0.3) is 0 Å². The summed E-state index contributed by atoms with van der Waals surface area (Å²) in [5, 5.41) is 0. The molecule has 0 nitrogen and oxygen atoms in total. The van der Waals surface area contributed by atoms with Crippen molar-refractivity contribution < 1.29 is 64.9 Å². The van der Waals surface area contributed by atoms with Gasteiger partial charge in [0.2, 0.25) is 0 Å². The molecule has 0 aromatic heterocycles. The molecule has 0 rings (SSSR count). The van der Waals surface area contributed by atoms with Crippen LogP contribution in [-0.2, 0) is 64.9 Å². The zero-order chi connectivity index (χ0) is 17.9. The molecule has 0 amide bonds. The zero-order valence-electron chi connectivity index (χ0n) is 7.34. The topological polar surface area (TPSA) is 0 Å². The van der Waals surface area contributed by atoms with E-state index in [4.69, 9.17) is 145 Å². The molecule has 0 unspecified atom stereocenters. The van der Waals surface area contributed by atoms with Crippen molar-refractivity contribution in [1.29, 1.82) is 0 Å². The minimum atomic E-state index is -1.66. The summed E-state index contributed by atoms with van der Waals surface area (Å²) in [5.74, 6) is 0. The van der Waals surface area contributed by atoms with E-state index in [1.165, 1.54) is 0 Å². The van der Waals surface area contributed by atoms with Crippen molar-refractivity contribution in [1.82, 2.24) is 0 Å². The molecule has 0 aromatic rings. The van der Waals surface area contributed by atoms with E-state index < -0.39 is 64.9 Å². The average molecular weight is 1050 g/mol. The molecule has 0 saturated carbocycles. The van der Waals surface area contributed by atoms with E-state index >= 15 is 0 Å². The molecular formula is Cl15Rh5. The first-order chi connectivity index (χ1) is 8.66. The average Bonchev–Trinajstić information content (AvgIpc) is 1.94. The minimum absolute atomic E-state index is 1.66. The predicted octanol–water partition coefficient (Wildman–Crippen LogP) is 10.3. The molecule has 0 aromatic carbocycles. The molecule has 0 aliphatic carbocycles. The van der Waals surface area contributed by atoms with Crippen LogP contribution in [0.3, 0.4) is 0 Å². The molecule has 20 heteroatoms. The molecule has 0 bridgehead atoms. The third-order valence-electron chi connectivity index (χ3n) is 0. The fraction of sp³-hybridized carbons (Fsp3) is 0. The van der Waals surface area contributed by atoms with Gasteiger partial charge in [-0.3, -0.25) is 0 Å². The van der Waals surface area contributed by atoms with E-state index in [0.29, 0.717) is 0 Å². The van der Waals surface area contributed by atoms with Crippen LogP contribution in [0.4, 0.5) is 0 Å². The SMILES string of the molecule is [Cl][Rh]([Cl])[Cl].[Cl][Rh]([Cl])[Cl].[Cl][Rh]([Cl])[Cl].[Cl][Rh]([Cl])[Cl].[Cl][Rh]([Cl])[Cl]. The van der Waals surface area contributed by atoms with E-state index in [1.54, 1.807) is 0 Å². The standard InChI is InChI=1S/15ClH.5Rh/h15*1H;;;;;/q;;;;;;;;;;;;;;;5*+3/p-15. The molecule has 0 N–H and O–H groups in total. The summed E-state index contributed by atoms with van der Waals surface area (Å²) < 4.78 is 0. The van der Waals surface area contributed by atoms with Crippen LogP contribution in [0.5, 0.6) is 0 Å². The summed E-state index contributed by atoms with van der Waals surface area (Å²) in [6, 6.07) is 0. The Kier molecular flexibility index (Phi) is 64.8. The fourth-order valence-electron chi connectivity index (χ4n) is 0. The van der Waals surface area contributed by atoms with E-state index in [-0.39, 0.29) is 0 Å². The Bertz CT molecular complexity index is 74.8. The van der Waals surface area contributed by atoms with Crippen molar-refractivity contribution in [2.75, 3.05) is 0 Å². The maximum absolute atomic E-state index is 4.94. The van der Waals surface area contributed by atoms with Gasteiger partial charge in [0.05, 0.1) is 0 Å². The number of rotatable bonds is 0. The van der Waals surface area contributed by atoms with E-state index in [9.17, 15) is 0 Å². The maximum atomic E-state index is 4.94. The van der Waals surface area contributed by atoms with Gasteiger partial charge in [-0.25, -0.2) is 0 Å². The van der Waals surface area contributed by atoms with Crippen LogP contribution in [0, 0.1) is 0 Å². The first-order valence-corrected chi connectivity index (χ1v) is 33.5. The van der Waals surface area contributed by atoms with Gasteiger partial charge >= 0.3 is 210 Å². The molecule has 150 valence electrons. The Morgan fingerprint density at radius 2 is 0.200 bits per heavy atom. The molecule has 0 spiro atoms. The van der Waals surface area contributed by atoms with Crippen molar-refractivity contribution in [2.45, 2.75) is 0 Å². The van der Waals surface area contributed by atoms with Crippen molar-refractivity contribution in [3.05, 3.63) is 0 Å². The molecule has 0 radical (unpaired) electrons. The van der Waals surface area contributed by atoms with Crippen LogP contribution in [0.15, 0.2) is 0 Å². The predicted molar refractivity (Wildman–Crippen MR) is 87.8 cm³/mol. The van der Waals surface area contributed by atoms with E-state index in [2.05, 4.69) is 0 Å². The van der Waals surface area contributed by atoms with Crippen molar-refractivity contribution >= 4 is 145 Å². The summed E-state index contributed by atoms with van der Waals surface area (Å²) in [6.45, 7) is 0. The van der Waals surface area contributed by atoms with Crippen LogP contribution >= 0.6 is 145 Å². The molecule has 0 aliphatic heterocycles. The molecular weight excluding hydrogens is 1050 g/mol. The second-order valence-electron chi connectivity index (χ2n) is 0.714. The van der Waals surface area contributed by atoms with Gasteiger partial charge in [0.15, 0.2) is 0 Å². The third-order valence-corrected chi connectivity index (χ3v) is 0. The van der Waals surface area contributed by atoms with Gasteiger partial charge in [-0.15, -0.1) is 0 Å². The number of hydrogen-bond donors (Lipinski definition) is 0. The molecule has 0 heterocycles. The van der Waals surface area contributed by atoms with Crippen LogP contribution in [0.1, 0.15) is 0 Å². The Balaban J connectivity index is -0.0000000469. The summed E-state index contributed by atoms with van der Waals surface area (Å²) >= 11 is -8.30. The van der Waals surface area contributed by atoms with Crippen LogP contribution < -0.4 is 0 Å². The van der Waals surface area contributed by atoms with E-state index in [1.807, 2.05) is 0 Å². The molecule has 0 saturated heterocycles. The fourth-order valence-corrected chi connectivity index (χ4v) is 0. The second-order valence-corrected chi connectivity index (χ2v) is 38.0. The first-order valence-electron chi connectivity index (χ1n) is 1.89. The summed E-state index contributed by atoms with van der Waals surface area (Å²) in [4.78, 5) is 0. The van der Waals surface area contributed by atoms with Crippen LogP contribution in [0.2, 0.25) is 0 Å². The second kappa shape index (κ2) is 34.0. The quantitative estimate of drug-likeness (QED) is 0.212. The summed E-state index contributed by atoms with van der Waals surface area (Å²) in [7, 11) is 74.0.